The number of rotatable bonds is 4. The summed E-state index contributed by atoms with van der Waals surface area (Å²) in [5.41, 5.74) is -0.115. The van der Waals surface area contributed by atoms with Crippen LogP contribution in [0.5, 0.6) is 0 Å². The van der Waals surface area contributed by atoms with Crippen LogP contribution in [0, 0.1) is 11.8 Å². The number of aromatic amines is 1. The lowest BCUT2D eigenvalue weighted by atomic mass is 10.4. The van der Waals surface area contributed by atoms with Gasteiger partial charge in [-0.05, 0) is 25.0 Å². The van der Waals surface area contributed by atoms with Gasteiger partial charge in [0.05, 0.1) is 4.88 Å². The monoisotopic (exact) mass is 307 g/mol. The van der Waals surface area contributed by atoms with Gasteiger partial charge in [0.25, 0.3) is 0 Å². The molecule has 0 radical (unpaired) electrons. The minimum Gasteiger partial charge on any atom is -0.384 e. The Kier molecular flexibility index (Phi) is 3.96. The van der Waals surface area contributed by atoms with Gasteiger partial charge in [-0.2, -0.15) is 0 Å². The summed E-state index contributed by atoms with van der Waals surface area (Å²) in [6.45, 7) is -0.122. The van der Waals surface area contributed by atoms with Crippen molar-refractivity contribution in [2.24, 2.45) is 0 Å². The summed E-state index contributed by atoms with van der Waals surface area (Å²) < 4.78 is 1.75. The van der Waals surface area contributed by atoms with Crippen LogP contribution >= 0.6 is 23.1 Å². The van der Waals surface area contributed by atoms with Crippen LogP contribution in [0.2, 0.25) is 0 Å². The van der Waals surface area contributed by atoms with Gasteiger partial charge >= 0.3 is 5.69 Å². The second-order valence-corrected chi connectivity index (χ2v) is 6.54. The minimum absolute atomic E-state index is 0.115. The molecule has 2 heterocycles. The molecule has 1 aliphatic rings. The van der Waals surface area contributed by atoms with Crippen molar-refractivity contribution in [3.8, 4) is 11.8 Å². The van der Waals surface area contributed by atoms with E-state index in [2.05, 4.69) is 22.0 Å². The van der Waals surface area contributed by atoms with Crippen LogP contribution in [0.4, 0.5) is 0 Å². The SMILES string of the molecule is O=c1[nH]nc(SCc2ccc(C#CCO)s2)n1C1CC1. The Labute approximate surface area is 124 Å². The summed E-state index contributed by atoms with van der Waals surface area (Å²) in [7, 11) is 0. The standard InChI is InChI=1S/C13H13N3O2S2/c17-7-1-2-10-5-6-11(20-10)8-19-13-15-14-12(18)16(13)9-3-4-9/h5-6,9,17H,3-4,7-8H2,(H,14,18). The van der Waals surface area contributed by atoms with E-state index >= 15 is 0 Å². The Morgan fingerprint density at radius 1 is 1.55 bits per heavy atom. The Morgan fingerprint density at radius 3 is 3.15 bits per heavy atom. The van der Waals surface area contributed by atoms with Gasteiger partial charge in [-0.15, -0.1) is 16.4 Å². The van der Waals surface area contributed by atoms with Crippen LogP contribution in [0.15, 0.2) is 22.1 Å². The average molecular weight is 307 g/mol. The summed E-state index contributed by atoms with van der Waals surface area (Å²) in [4.78, 5) is 13.8. The summed E-state index contributed by atoms with van der Waals surface area (Å²) >= 11 is 3.16. The third kappa shape index (κ3) is 2.98. The fraction of sp³-hybridized carbons (Fsp3) is 0.385. The maximum absolute atomic E-state index is 11.6. The van der Waals surface area contributed by atoms with Gasteiger partial charge in [-0.25, -0.2) is 9.89 Å². The number of thioether (sulfide) groups is 1. The van der Waals surface area contributed by atoms with Gasteiger partial charge in [0.15, 0.2) is 5.16 Å². The van der Waals surface area contributed by atoms with Crippen molar-refractivity contribution in [2.75, 3.05) is 6.61 Å². The molecule has 0 saturated heterocycles. The smallest absolute Gasteiger partial charge is 0.344 e. The third-order valence-electron chi connectivity index (χ3n) is 2.88. The second-order valence-electron chi connectivity index (χ2n) is 4.43. The van der Waals surface area contributed by atoms with E-state index in [-0.39, 0.29) is 12.3 Å². The molecular formula is C13H13N3O2S2. The number of hydrogen-bond acceptors (Lipinski definition) is 5. The maximum atomic E-state index is 11.6. The van der Waals surface area contributed by atoms with E-state index in [1.807, 2.05) is 12.1 Å². The van der Waals surface area contributed by atoms with Gasteiger partial charge in [-0.1, -0.05) is 23.6 Å². The molecule has 2 N–H and O–H groups in total. The number of H-pyrrole nitrogens is 1. The van der Waals surface area contributed by atoms with Gasteiger partial charge in [0, 0.05) is 16.7 Å². The summed E-state index contributed by atoms with van der Waals surface area (Å²) in [5, 5.41) is 16.0. The first kappa shape index (κ1) is 13.5. The highest BCUT2D eigenvalue weighted by molar-refractivity contribution is 7.98. The van der Waals surface area contributed by atoms with Crippen molar-refractivity contribution in [1.82, 2.24) is 14.8 Å². The predicted octanol–water partition coefficient (Wildman–Crippen LogP) is 1.60. The lowest BCUT2D eigenvalue weighted by Crippen LogP contribution is -2.16. The van der Waals surface area contributed by atoms with E-state index in [1.54, 1.807) is 27.7 Å². The molecule has 0 amide bonds. The van der Waals surface area contributed by atoms with E-state index in [0.29, 0.717) is 6.04 Å². The first-order valence-electron chi connectivity index (χ1n) is 6.26. The van der Waals surface area contributed by atoms with Crippen molar-refractivity contribution in [3.05, 3.63) is 32.4 Å². The van der Waals surface area contributed by atoms with Crippen LogP contribution in [-0.2, 0) is 5.75 Å². The molecule has 3 rings (SSSR count). The van der Waals surface area contributed by atoms with E-state index in [1.165, 1.54) is 4.88 Å². The van der Waals surface area contributed by atoms with Crippen LogP contribution in [0.25, 0.3) is 0 Å². The van der Waals surface area contributed by atoms with E-state index < -0.39 is 0 Å². The van der Waals surface area contributed by atoms with Crippen molar-refractivity contribution < 1.29 is 5.11 Å². The van der Waals surface area contributed by atoms with Gasteiger partial charge in [0.2, 0.25) is 0 Å². The fourth-order valence-electron chi connectivity index (χ4n) is 1.83. The highest BCUT2D eigenvalue weighted by atomic mass is 32.2. The molecule has 104 valence electrons. The van der Waals surface area contributed by atoms with E-state index in [4.69, 9.17) is 5.11 Å². The number of aromatic nitrogens is 3. The van der Waals surface area contributed by atoms with Crippen LogP contribution < -0.4 is 5.69 Å². The second kappa shape index (κ2) is 5.87. The number of hydrogen-bond donors (Lipinski definition) is 2. The highest BCUT2D eigenvalue weighted by Gasteiger charge is 2.28. The zero-order valence-corrected chi connectivity index (χ0v) is 12.3. The summed E-state index contributed by atoms with van der Waals surface area (Å²) in [6.07, 6.45) is 2.12. The van der Waals surface area contributed by atoms with E-state index in [0.717, 1.165) is 28.6 Å². The molecular weight excluding hydrogens is 294 g/mol. The molecule has 2 aromatic rings. The van der Waals surface area contributed by atoms with Crippen LogP contribution in [0.1, 0.15) is 28.6 Å². The largest absolute Gasteiger partial charge is 0.384 e. The first-order valence-corrected chi connectivity index (χ1v) is 8.06. The number of aliphatic hydroxyl groups excluding tert-OH is 1. The third-order valence-corrected chi connectivity index (χ3v) is 5.06. The van der Waals surface area contributed by atoms with Gasteiger partial charge in [-0.3, -0.25) is 4.57 Å². The molecule has 1 fully saturated rings. The average Bonchev–Trinajstić information content (AvgIpc) is 3.06. The highest BCUT2D eigenvalue weighted by Crippen LogP contribution is 2.36. The summed E-state index contributed by atoms with van der Waals surface area (Å²) in [5.74, 6) is 6.29. The Bertz CT molecular complexity index is 716. The molecule has 0 aromatic carbocycles. The van der Waals surface area contributed by atoms with E-state index in [9.17, 15) is 4.79 Å². The molecule has 0 aliphatic heterocycles. The molecule has 0 atom stereocenters. The van der Waals surface area contributed by atoms with Gasteiger partial charge < -0.3 is 5.11 Å². The number of nitrogens with one attached hydrogen (secondary N) is 1. The molecule has 2 aromatic heterocycles. The zero-order valence-electron chi connectivity index (χ0n) is 10.6. The molecule has 0 spiro atoms. The molecule has 0 unspecified atom stereocenters. The molecule has 0 bridgehead atoms. The molecule has 1 aliphatic carbocycles. The van der Waals surface area contributed by atoms with Crippen LogP contribution in [0.3, 0.4) is 0 Å². The topological polar surface area (TPSA) is 70.9 Å². The number of thiophene rings is 1. The molecule has 5 nitrogen and oxygen atoms in total. The maximum Gasteiger partial charge on any atom is 0.344 e. The molecule has 20 heavy (non-hydrogen) atoms. The van der Waals surface area contributed by atoms with Crippen molar-refractivity contribution in [2.45, 2.75) is 29.8 Å². The van der Waals surface area contributed by atoms with Crippen LogP contribution in [-0.4, -0.2) is 26.5 Å². The Hall–Kier alpha value is -1.49. The number of nitrogens with zero attached hydrogens (tertiary/aromatic N) is 2. The quantitative estimate of drug-likeness (QED) is 0.665. The fourth-order valence-corrected chi connectivity index (χ4v) is 3.77. The molecule has 7 heteroatoms. The van der Waals surface area contributed by atoms with Gasteiger partial charge in [0.1, 0.15) is 6.61 Å². The zero-order chi connectivity index (χ0) is 13.9. The lowest BCUT2D eigenvalue weighted by molar-refractivity contribution is 0.350. The minimum atomic E-state index is -0.122. The lowest BCUT2D eigenvalue weighted by Gasteiger charge is -2.01. The van der Waals surface area contributed by atoms with Crippen molar-refractivity contribution in [1.29, 1.82) is 0 Å². The Morgan fingerprint density at radius 2 is 2.40 bits per heavy atom. The normalized spacial score (nSPS) is 14.1. The van der Waals surface area contributed by atoms with Crippen molar-refractivity contribution >= 4 is 23.1 Å². The molecule has 1 saturated carbocycles. The predicted molar refractivity (Wildman–Crippen MR) is 79.0 cm³/mol. The van der Waals surface area contributed by atoms with Crippen molar-refractivity contribution in [3.63, 3.8) is 0 Å². The first-order chi connectivity index (χ1) is 9.78. The summed E-state index contributed by atoms with van der Waals surface area (Å²) in [6, 6.07) is 4.30. The Balaban J connectivity index is 1.67. The number of aliphatic hydroxyl groups is 1.